The highest BCUT2D eigenvalue weighted by molar-refractivity contribution is 7.98. The molecule has 0 atom stereocenters. The normalized spacial score (nSPS) is 13.4. The molecule has 2 aromatic carbocycles. The van der Waals surface area contributed by atoms with Crippen molar-refractivity contribution in [3.63, 3.8) is 0 Å². The molecule has 1 heterocycles. The van der Waals surface area contributed by atoms with Crippen LogP contribution < -0.4 is 14.8 Å². The zero-order valence-electron chi connectivity index (χ0n) is 14.5. The van der Waals surface area contributed by atoms with Gasteiger partial charge in [-0.15, -0.1) is 0 Å². The molecular weight excluding hydrogens is 398 g/mol. The summed E-state index contributed by atoms with van der Waals surface area (Å²) in [6.45, 7) is -2.44. The minimum atomic E-state index is -3.63. The highest BCUT2D eigenvalue weighted by Crippen LogP contribution is 2.35. The van der Waals surface area contributed by atoms with Crippen LogP contribution in [0.3, 0.4) is 0 Å². The standard InChI is InChI=1S/C18H15F4N3O2S/c1-10-6-7-12-14(8-10)28-25-15(24-12)16(26)23-9-18(21,22)11-4-2-3-5-13(11)27-17(19)20/h2-8,17H,9H2,1H3,(H,23,26)(H,24,25). The van der Waals surface area contributed by atoms with Crippen molar-refractivity contribution in [1.29, 1.82) is 0 Å². The van der Waals surface area contributed by atoms with Gasteiger partial charge in [-0.05, 0) is 48.7 Å². The fourth-order valence-corrected chi connectivity index (χ4v) is 3.29. The number of alkyl halides is 4. The number of nitrogens with zero attached hydrogens (tertiary/aromatic N) is 1. The zero-order chi connectivity index (χ0) is 20.3. The second kappa shape index (κ2) is 8.09. The number of fused-ring (bicyclic) bond motifs is 1. The molecule has 0 radical (unpaired) electrons. The average molecular weight is 413 g/mol. The highest BCUT2D eigenvalue weighted by Gasteiger charge is 2.36. The number of amides is 1. The summed E-state index contributed by atoms with van der Waals surface area (Å²) in [5, 5.41) is 2.08. The lowest BCUT2D eigenvalue weighted by Crippen LogP contribution is -2.42. The van der Waals surface area contributed by atoms with E-state index in [4.69, 9.17) is 0 Å². The highest BCUT2D eigenvalue weighted by atomic mass is 32.2. The van der Waals surface area contributed by atoms with Crippen LogP contribution in [0.2, 0.25) is 0 Å². The maximum absolute atomic E-state index is 14.5. The fraction of sp³-hybridized carbons (Fsp3) is 0.222. The minimum Gasteiger partial charge on any atom is -0.434 e. The quantitative estimate of drug-likeness (QED) is 0.552. The molecule has 10 heteroatoms. The van der Waals surface area contributed by atoms with E-state index in [1.165, 1.54) is 12.1 Å². The average Bonchev–Trinajstić information content (AvgIpc) is 2.65. The second-order valence-corrected chi connectivity index (χ2v) is 6.75. The van der Waals surface area contributed by atoms with Gasteiger partial charge in [-0.3, -0.25) is 4.79 Å². The molecule has 0 saturated heterocycles. The Labute approximate surface area is 162 Å². The summed E-state index contributed by atoms with van der Waals surface area (Å²) in [5.41, 5.74) is 0.812. The Hall–Kier alpha value is -2.75. The number of hydrogen-bond acceptors (Lipinski definition) is 5. The van der Waals surface area contributed by atoms with Crippen LogP contribution in [0.5, 0.6) is 5.75 Å². The Bertz CT molecular complexity index is 921. The lowest BCUT2D eigenvalue weighted by molar-refractivity contribution is -0.117. The van der Waals surface area contributed by atoms with Crippen LogP contribution in [-0.4, -0.2) is 24.9 Å². The van der Waals surface area contributed by atoms with Gasteiger partial charge in [0.15, 0.2) is 0 Å². The first kappa shape index (κ1) is 20.0. The predicted molar refractivity (Wildman–Crippen MR) is 97.2 cm³/mol. The van der Waals surface area contributed by atoms with Gasteiger partial charge in [0.2, 0.25) is 5.84 Å². The molecule has 148 valence electrons. The first-order valence-electron chi connectivity index (χ1n) is 8.09. The smallest absolute Gasteiger partial charge is 0.387 e. The number of carbonyl (C=O) groups is 1. The number of amidine groups is 1. The third-order valence-electron chi connectivity index (χ3n) is 3.79. The van der Waals surface area contributed by atoms with Gasteiger partial charge < -0.3 is 14.8 Å². The zero-order valence-corrected chi connectivity index (χ0v) is 15.3. The van der Waals surface area contributed by atoms with Crippen LogP contribution in [0.25, 0.3) is 0 Å². The van der Waals surface area contributed by atoms with E-state index in [1.807, 2.05) is 19.1 Å². The molecule has 3 rings (SSSR count). The number of halogens is 4. The van der Waals surface area contributed by atoms with E-state index >= 15 is 0 Å². The summed E-state index contributed by atoms with van der Waals surface area (Å²) in [4.78, 5) is 17.1. The summed E-state index contributed by atoms with van der Waals surface area (Å²) in [6, 6.07) is 9.96. The first-order chi connectivity index (χ1) is 13.3. The van der Waals surface area contributed by atoms with E-state index in [9.17, 15) is 22.4 Å². The summed E-state index contributed by atoms with van der Waals surface area (Å²) in [5.74, 6) is -5.25. The Balaban J connectivity index is 1.71. The molecule has 1 aliphatic rings. The van der Waals surface area contributed by atoms with Crippen LogP contribution in [0.4, 0.5) is 23.2 Å². The van der Waals surface area contributed by atoms with Crippen molar-refractivity contribution in [2.75, 3.05) is 6.54 Å². The summed E-state index contributed by atoms with van der Waals surface area (Å²) in [6.07, 6.45) is 0. The van der Waals surface area contributed by atoms with E-state index < -0.39 is 36.3 Å². The monoisotopic (exact) mass is 413 g/mol. The Morgan fingerprint density at radius 1 is 1.29 bits per heavy atom. The van der Waals surface area contributed by atoms with Gasteiger partial charge in [0.05, 0.1) is 22.7 Å². The van der Waals surface area contributed by atoms with Gasteiger partial charge in [-0.2, -0.15) is 17.6 Å². The molecule has 0 unspecified atom stereocenters. The predicted octanol–water partition coefficient (Wildman–Crippen LogP) is 4.14. The molecule has 0 fully saturated rings. The lowest BCUT2D eigenvalue weighted by atomic mass is 10.1. The SMILES string of the molecule is Cc1ccc2c(c1)SNC(C(=O)NCC(F)(F)c1ccccc1OC(F)F)=N2. The number of nitrogens with one attached hydrogen (secondary N) is 2. The molecule has 0 spiro atoms. The Morgan fingerprint density at radius 2 is 2.04 bits per heavy atom. The van der Waals surface area contributed by atoms with Crippen molar-refractivity contribution in [1.82, 2.24) is 10.0 Å². The molecule has 5 nitrogen and oxygen atoms in total. The fourth-order valence-electron chi connectivity index (χ4n) is 2.48. The molecule has 2 N–H and O–H groups in total. The van der Waals surface area contributed by atoms with Crippen LogP contribution in [-0.2, 0) is 10.7 Å². The second-order valence-electron chi connectivity index (χ2n) is 5.90. The van der Waals surface area contributed by atoms with E-state index in [1.54, 1.807) is 6.07 Å². The van der Waals surface area contributed by atoms with Gasteiger partial charge in [0.25, 0.3) is 11.8 Å². The van der Waals surface area contributed by atoms with E-state index in [-0.39, 0.29) is 5.84 Å². The summed E-state index contributed by atoms with van der Waals surface area (Å²) in [7, 11) is 0. The maximum atomic E-state index is 14.5. The molecule has 0 saturated carbocycles. The van der Waals surface area contributed by atoms with Crippen molar-refractivity contribution < 1.29 is 27.1 Å². The number of aliphatic imine (C=N–C) groups is 1. The Kier molecular flexibility index (Phi) is 5.78. The van der Waals surface area contributed by atoms with Crippen LogP contribution >= 0.6 is 11.9 Å². The van der Waals surface area contributed by atoms with Gasteiger partial charge >= 0.3 is 6.61 Å². The van der Waals surface area contributed by atoms with Gasteiger partial charge in [-0.1, -0.05) is 18.2 Å². The van der Waals surface area contributed by atoms with E-state index in [0.29, 0.717) is 5.69 Å². The molecule has 2 aromatic rings. The van der Waals surface area contributed by atoms with E-state index in [2.05, 4.69) is 19.8 Å². The summed E-state index contributed by atoms with van der Waals surface area (Å²) < 4.78 is 60.6. The van der Waals surface area contributed by atoms with Crippen LogP contribution in [0.15, 0.2) is 52.4 Å². The lowest BCUT2D eigenvalue weighted by Gasteiger charge is -2.21. The Morgan fingerprint density at radius 3 is 2.79 bits per heavy atom. The number of aryl methyl sites for hydroxylation is 1. The van der Waals surface area contributed by atoms with Crippen LogP contribution in [0, 0.1) is 6.92 Å². The van der Waals surface area contributed by atoms with Gasteiger partial charge in [-0.25, -0.2) is 4.99 Å². The number of hydrogen-bond donors (Lipinski definition) is 2. The van der Waals surface area contributed by atoms with Crippen molar-refractivity contribution >= 4 is 29.4 Å². The number of benzene rings is 2. The molecule has 1 amide bonds. The summed E-state index contributed by atoms with van der Waals surface area (Å²) >= 11 is 1.15. The van der Waals surface area contributed by atoms with E-state index in [0.717, 1.165) is 34.5 Å². The number of ether oxygens (including phenoxy) is 1. The first-order valence-corrected chi connectivity index (χ1v) is 8.90. The molecule has 1 aliphatic heterocycles. The van der Waals surface area contributed by atoms with Crippen molar-refractivity contribution in [2.24, 2.45) is 4.99 Å². The molecular formula is C18H15F4N3O2S. The van der Waals surface area contributed by atoms with Crippen molar-refractivity contribution in [3.05, 3.63) is 53.6 Å². The van der Waals surface area contributed by atoms with Crippen LogP contribution in [0.1, 0.15) is 11.1 Å². The van der Waals surface area contributed by atoms with Gasteiger partial charge in [0, 0.05) is 0 Å². The molecule has 0 aliphatic carbocycles. The largest absolute Gasteiger partial charge is 0.434 e. The molecule has 0 aromatic heterocycles. The minimum absolute atomic E-state index is 0.130. The molecule has 0 bridgehead atoms. The number of carbonyl (C=O) groups excluding carboxylic acids is 1. The van der Waals surface area contributed by atoms with Crippen molar-refractivity contribution in [3.8, 4) is 5.75 Å². The maximum Gasteiger partial charge on any atom is 0.387 e. The van der Waals surface area contributed by atoms with Gasteiger partial charge in [0.1, 0.15) is 5.75 Å². The third-order valence-corrected chi connectivity index (χ3v) is 4.63. The molecule has 28 heavy (non-hydrogen) atoms. The third kappa shape index (κ3) is 4.56. The topological polar surface area (TPSA) is 62.7 Å². The van der Waals surface area contributed by atoms with Crippen molar-refractivity contribution in [2.45, 2.75) is 24.4 Å². The number of para-hydroxylation sites is 1. The number of rotatable bonds is 6.